The molecule has 1 N–H and O–H groups in total. The number of thioether (sulfide) groups is 1. The van der Waals surface area contributed by atoms with Gasteiger partial charge < -0.3 is 14.5 Å². The highest BCUT2D eigenvalue weighted by molar-refractivity contribution is 7.98. The first-order valence-corrected chi connectivity index (χ1v) is 9.00. The lowest BCUT2D eigenvalue weighted by molar-refractivity contribution is 0.255. The predicted molar refractivity (Wildman–Crippen MR) is 97.4 cm³/mol. The van der Waals surface area contributed by atoms with Crippen molar-refractivity contribution in [2.75, 3.05) is 11.6 Å². The number of furan rings is 1. The first-order valence-electron chi connectivity index (χ1n) is 7.77. The Balaban J connectivity index is 1.79. The van der Waals surface area contributed by atoms with Crippen LogP contribution in [0.5, 0.6) is 5.88 Å². The van der Waals surface area contributed by atoms with Crippen molar-refractivity contribution >= 4 is 23.5 Å². The number of benzene rings is 1. The molecule has 0 saturated heterocycles. The van der Waals surface area contributed by atoms with E-state index < -0.39 is 0 Å². The van der Waals surface area contributed by atoms with E-state index in [0.29, 0.717) is 16.7 Å². The van der Waals surface area contributed by atoms with Gasteiger partial charge in [-0.1, -0.05) is 30.0 Å². The number of rotatable bonds is 3. The van der Waals surface area contributed by atoms with Crippen molar-refractivity contribution in [3.05, 3.63) is 54.0 Å². The van der Waals surface area contributed by atoms with E-state index in [1.54, 1.807) is 6.26 Å². The zero-order chi connectivity index (χ0) is 17.2. The number of para-hydroxylation sites is 1. The minimum atomic E-state index is -0.390. The van der Waals surface area contributed by atoms with Crippen LogP contribution in [0.3, 0.4) is 0 Å². The maximum atomic E-state index is 6.14. The third-order valence-corrected chi connectivity index (χ3v) is 4.38. The van der Waals surface area contributed by atoms with Crippen LogP contribution >= 0.6 is 11.8 Å². The van der Waals surface area contributed by atoms with E-state index in [9.17, 15) is 0 Å². The number of hydrogen-bond donors (Lipinski definition) is 1. The summed E-state index contributed by atoms with van der Waals surface area (Å²) in [6.45, 7) is 1.98. The van der Waals surface area contributed by atoms with Gasteiger partial charge in [0.15, 0.2) is 11.9 Å². The van der Waals surface area contributed by atoms with Gasteiger partial charge in [0.2, 0.25) is 11.0 Å². The summed E-state index contributed by atoms with van der Waals surface area (Å²) in [6.07, 6.45) is 5.10. The fraction of sp³-hybridized carbons (Fsp3) is 0.167. The largest absolute Gasteiger partial charge is 0.465 e. The second-order valence-electron chi connectivity index (χ2n) is 5.54. The molecule has 4 rings (SSSR count). The van der Waals surface area contributed by atoms with Crippen molar-refractivity contribution in [2.45, 2.75) is 18.3 Å². The molecule has 0 radical (unpaired) electrons. The molecular weight excluding hydrogens is 336 g/mol. The molecule has 6 nitrogen and oxygen atoms in total. The topological polar surface area (TPSA) is 73.1 Å². The number of nitrogens with one attached hydrogen (secondary N) is 1. The second kappa shape index (κ2) is 6.60. The van der Waals surface area contributed by atoms with Crippen molar-refractivity contribution in [3.8, 4) is 17.1 Å². The minimum absolute atomic E-state index is 0.390. The van der Waals surface area contributed by atoms with Crippen LogP contribution in [-0.4, -0.2) is 27.7 Å². The molecule has 0 spiro atoms. The van der Waals surface area contributed by atoms with E-state index in [4.69, 9.17) is 9.15 Å². The number of ether oxygens (including phenoxy) is 1. The number of anilines is 1. The molecule has 0 unspecified atom stereocenters. The molecule has 0 amide bonds. The predicted octanol–water partition coefficient (Wildman–Crippen LogP) is 4.09. The van der Waals surface area contributed by atoms with Crippen molar-refractivity contribution in [3.63, 3.8) is 0 Å². The van der Waals surface area contributed by atoms with Gasteiger partial charge >= 0.3 is 0 Å². The standard InChI is InChI=1S/C18H16N4O2S/c1-11(10-12-6-5-9-23-12)16-19-14-8-4-3-7-13(14)15-17(24-16)20-18(25-2)22-21-15/h3-10,16,19H,1-2H3/b11-10-/t16-/m0/s1. The highest BCUT2D eigenvalue weighted by atomic mass is 32.2. The summed E-state index contributed by atoms with van der Waals surface area (Å²) < 4.78 is 11.5. The Hall–Kier alpha value is -2.80. The number of fused-ring (bicyclic) bond motifs is 3. The van der Waals surface area contributed by atoms with Gasteiger partial charge in [-0.3, -0.25) is 0 Å². The Kier molecular flexibility index (Phi) is 4.15. The average Bonchev–Trinajstić information content (AvgIpc) is 3.08. The van der Waals surface area contributed by atoms with Crippen LogP contribution in [0.4, 0.5) is 5.69 Å². The van der Waals surface area contributed by atoms with Gasteiger partial charge in [0.1, 0.15) is 5.76 Å². The fourth-order valence-corrected chi connectivity index (χ4v) is 2.91. The second-order valence-corrected chi connectivity index (χ2v) is 6.32. The Morgan fingerprint density at radius 1 is 1.20 bits per heavy atom. The maximum absolute atomic E-state index is 6.14. The molecule has 0 saturated carbocycles. The molecule has 0 bridgehead atoms. The van der Waals surface area contributed by atoms with Crippen LogP contribution in [0.15, 0.2) is 57.8 Å². The van der Waals surface area contributed by atoms with Crippen molar-refractivity contribution in [2.24, 2.45) is 0 Å². The molecule has 1 aromatic carbocycles. The van der Waals surface area contributed by atoms with E-state index in [0.717, 1.165) is 22.6 Å². The van der Waals surface area contributed by atoms with Crippen LogP contribution in [0.2, 0.25) is 0 Å². The quantitative estimate of drug-likeness (QED) is 0.712. The van der Waals surface area contributed by atoms with Crippen LogP contribution in [0, 0.1) is 0 Å². The monoisotopic (exact) mass is 352 g/mol. The van der Waals surface area contributed by atoms with Crippen molar-refractivity contribution < 1.29 is 9.15 Å². The van der Waals surface area contributed by atoms with Gasteiger partial charge in [-0.15, -0.1) is 10.2 Å². The number of nitrogens with zero attached hydrogens (tertiary/aromatic N) is 3. The molecular formula is C18H16N4O2S. The van der Waals surface area contributed by atoms with Crippen LogP contribution < -0.4 is 10.1 Å². The lowest BCUT2D eigenvalue weighted by Gasteiger charge is -2.19. The van der Waals surface area contributed by atoms with Gasteiger partial charge in [0.25, 0.3) is 0 Å². The maximum Gasteiger partial charge on any atom is 0.247 e. The molecule has 3 aromatic rings. The van der Waals surface area contributed by atoms with Gasteiger partial charge in [-0.2, -0.15) is 4.98 Å². The van der Waals surface area contributed by atoms with E-state index in [-0.39, 0.29) is 6.23 Å². The van der Waals surface area contributed by atoms with Crippen LogP contribution in [-0.2, 0) is 0 Å². The molecule has 2 aromatic heterocycles. The van der Waals surface area contributed by atoms with Crippen LogP contribution in [0.1, 0.15) is 12.7 Å². The molecule has 0 fully saturated rings. The van der Waals surface area contributed by atoms with Gasteiger partial charge in [-0.25, -0.2) is 0 Å². The Morgan fingerprint density at radius 2 is 2.08 bits per heavy atom. The van der Waals surface area contributed by atoms with E-state index in [1.807, 2.05) is 55.7 Å². The third kappa shape index (κ3) is 3.10. The summed E-state index contributed by atoms with van der Waals surface area (Å²) in [5.74, 6) is 1.24. The van der Waals surface area contributed by atoms with E-state index in [2.05, 4.69) is 20.5 Å². The van der Waals surface area contributed by atoms with Crippen molar-refractivity contribution in [1.29, 1.82) is 0 Å². The SMILES string of the molecule is CSc1nnc2c(n1)O[C@@H](/C(C)=C\c1ccco1)Nc1ccccc1-2. The molecule has 25 heavy (non-hydrogen) atoms. The zero-order valence-electron chi connectivity index (χ0n) is 13.8. The minimum Gasteiger partial charge on any atom is -0.465 e. The van der Waals surface area contributed by atoms with E-state index in [1.165, 1.54) is 11.8 Å². The van der Waals surface area contributed by atoms with Gasteiger partial charge in [0, 0.05) is 11.3 Å². The lowest BCUT2D eigenvalue weighted by atomic mass is 10.1. The zero-order valence-corrected chi connectivity index (χ0v) is 14.6. The molecule has 1 aliphatic heterocycles. The Labute approximate surface area is 149 Å². The Morgan fingerprint density at radius 3 is 2.88 bits per heavy atom. The first kappa shape index (κ1) is 15.7. The molecule has 7 heteroatoms. The molecule has 3 heterocycles. The Bertz CT molecular complexity index is 925. The summed E-state index contributed by atoms with van der Waals surface area (Å²) in [5, 5.41) is 12.5. The number of aromatic nitrogens is 3. The normalized spacial score (nSPS) is 16.2. The molecule has 1 atom stereocenters. The van der Waals surface area contributed by atoms with Crippen molar-refractivity contribution in [1.82, 2.24) is 15.2 Å². The summed E-state index contributed by atoms with van der Waals surface area (Å²) >= 11 is 1.43. The summed E-state index contributed by atoms with van der Waals surface area (Å²) in [6, 6.07) is 11.7. The summed E-state index contributed by atoms with van der Waals surface area (Å²) in [4.78, 5) is 4.50. The lowest BCUT2D eigenvalue weighted by Crippen LogP contribution is -2.27. The highest BCUT2D eigenvalue weighted by Gasteiger charge is 2.25. The van der Waals surface area contributed by atoms with Crippen LogP contribution in [0.25, 0.3) is 17.3 Å². The van der Waals surface area contributed by atoms with E-state index >= 15 is 0 Å². The summed E-state index contributed by atoms with van der Waals surface area (Å²) in [5.41, 5.74) is 3.43. The third-order valence-electron chi connectivity index (χ3n) is 3.84. The fourth-order valence-electron chi connectivity index (χ4n) is 2.61. The van der Waals surface area contributed by atoms with Gasteiger partial charge in [-0.05, 0) is 43.0 Å². The average molecular weight is 352 g/mol. The first-order chi connectivity index (χ1) is 12.2. The molecule has 1 aliphatic rings. The summed E-state index contributed by atoms with van der Waals surface area (Å²) in [7, 11) is 0. The number of hydrogen-bond acceptors (Lipinski definition) is 7. The van der Waals surface area contributed by atoms with Gasteiger partial charge in [0.05, 0.1) is 6.26 Å². The highest BCUT2D eigenvalue weighted by Crippen LogP contribution is 2.37. The molecule has 0 aliphatic carbocycles. The smallest absolute Gasteiger partial charge is 0.247 e. The molecule has 126 valence electrons.